The standard InChI is InChI=1S/C21H17N3O5/c1-14-6-10-18(19(12-14)24(27)28)23-20(25)13-29-21(26)11-9-16-8-7-15-4-2-3-5-17(15)22-16/h2-12H,13H2,1H3,(H,23,25)/b11-9+. The largest absolute Gasteiger partial charge is 0.452 e. The van der Waals surface area contributed by atoms with Gasteiger partial charge in [0, 0.05) is 17.5 Å². The molecule has 1 heterocycles. The summed E-state index contributed by atoms with van der Waals surface area (Å²) in [7, 11) is 0. The van der Waals surface area contributed by atoms with E-state index < -0.39 is 23.4 Å². The van der Waals surface area contributed by atoms with Crippen molar-refractivity contribution in [3.63, 3.8) is 0 Å². The molecule has 0 aliphatic heterocycles. The average Bonchev–Trinajstić information content (AvgIpc) is 2.71. The topological polar surface area (TPSA) is 111 Å². The van der Waals surface area contributed by atoms with Gasteiger partial charge < -0.3 is 10.1 Å². The zero-order valence-corrected chi connectivity index (χ0v) is 15.5. The summed E-state index contributed by atoms with van der Waals surface area (Å²) in [6.07, 6.45) is 2.65. The monoisotopic (exact) mass is 391 g/mol. The van der Waals surface area contributed by atoms with Crippen LogP contribution in [0.3, 0.4) is 0 Å². The second kappa shape index (κ2) is 8.75. The lowest BCUT2D eigenvalue weighted by Crippen LogP contribution is -2.20. The molecule has 0 saturated heterocycles. The van der Waals surface area contributed by atoms with Crippen LogP contribution in [0.15, 0.2) is 60.7 Å². The highest BCUT2D eigenvalue weighted by Crippen LogP contribution is 2.25. The van der Waals surface area contributed by atoms with Gasteiger partial charge in [0.15, 0.2) is 6.61 Å². The fourth-order valence-electron chi connectivity index (χ4n) is 2.60. The van der Waals surface area contributed by atoms with Crippen molar-refractivity contribution < 1.29 is 19.2 Å². The van der Waals surface area contributed by atoms with E-state index in [-0.39, 0.29) is 11.4 Å². The summed E-state index contributed by atoms with van der Waals surface area (Å²) in [5.74, 6) is -1.41. The van der Waals surface area contributed by atoms with Gasteiger partial charge in [0.25, 0.3) is 11.6 Å². The number of nitrogens with zero attached hydrogens (tertiary/aromatic N) is 2. The van der Waals surface area contributed by atoms with Crippen molar-refractivity contribution in [1.29, 1.82) is 0 Å². The molecule has 0 radical (unpaired) electrons. The molecule has 0 atom stereocenters. The molecule has 8 nitrogen and oxygen atoms in total. The number of benzene rings is 2. The average molecular weight is 391 g/mol. The molecule has 146 valence electrons. The van der Waals surface area contributed by atoms with Crippen LogP contribution in [0.25, 0.3) is 17.0 Å². The maximum absolute atomic E-state index is 11.9. The highest BCUT2D eigenvalue weighted by molar-refractivity contribution is 5.96. The predicted octanol–water partition coefficient (Wildman–Crippen LogP) is 3.65. The van der Waals surface area contributed by atoms with Crippen LogP contribution < -0.4 is 5.32 Å². The number of rotatable bonds is 6. The number of carbonyl (C=O) groups excluding carboxylic acids is 2. The summed E-state index contributed by atoms with van der Waals surface area (Å²) in [5, 5.41) is 14.4. The van der Waals surface area contributed by atoms with Gasteiger partial charge in [0.2, 0.25) is 0 Å². The lowest BCUT2D eigenvalue weighted by atomic mass is 10.2. The normalized spacial score (nSPS) is 10.8. The van der Waals surface area contributed by atoms with Crippen LogP contribution in [0.1, 0.15) is 11.3 Å². The fourth-order valence-corrected chi connectivity index (χ4v) is 2.60. The third kappa shape index (κ3) is 5.23. The molecule has 2 aromatic carbocycles. The van der Waals surface area contributed by atoms with Crippen molar-refractivity contribution in [2.24, 2.45) is 0 Å². The maximum atomic E-state index is 11.9. The van der Waals surface area contributed by atoms with Gasteiger partial charge in [-0.2, -0.15) is 0 Å². The third-order valence-corrected chi connectivity index (χ3v) is 3.98. The van der Waals surface area contributed by atoms with Crippen molar-refractivity contribution in [3.05, 3.63) is 82.0 Å². The van der Waals surface area contributed by atoms with Gasteiger partial charge in [-0.05, 0) is 36.8 Å². The van der Waals surface area contributed by atoms with Crippen LogP contribution in [0, 0.1) is 17.0 Å². The molecule has 1 N–H and O–H groups in total. The van der Waals surface area contributed by atoms with Crippen LogP contribution in [-0.2, 0) is 14.3 Å². The summed E-state index contributed by atoms with van der Waals surface area (Å²) < 4.78 is 4.87. The second-order valence-electron chi connectivity index (χ2n) is 6.20. The van der Waals surface area contributed by atoms with Crippen molar-refractivity contribution in [3.8, 4) is 0 Å². The summed E-state index contributed by atoms with van der Waals surface area (Å²) in [6, 6.07) is 15.6. The van der Waals surface area contributed by atoms with E-state index in [1.54, 1.807) is 19.1 Å². The molecule has 0 aliphatic carbocycles. The minimum absolute atomic E-state index is 0.0394. The number of hydrogen-bond acceptors (Lipinski definition) is 6. The first kappa shape index (κ1) is 19.7. The van der Waals surface area contributed by atoms with E-state index in [9.17, 15) is 19.7 Å². The first-order valence-corrected chi connectivity index (χ1v) is 8.68. The van der Waals surface area contributed by atoms with Gasteiger partial charge in [-0.3, -0.25) is 14.9 Å². The molecule has 1 amide bonds. The van der Waals surface area contributed by atoms with Gasteiger partial charge in [0.1, 0.15) is 5.69 Å². The van der Waals surface area contributed by atoms with Crippen molar-refractivity contribution >= 4 is 40.2 Å². The maximum Gasteiger partial charge on any atom is 0.331 e. The van der Waals surface area contributed by atoms with E-state index in [0.717, 1.165) is 10.9 Å². The third-order valence-electron chi connectivity index (χ3n) is 3.98. The number of nitro groups is 1. The van der Waals surface area contributed by atoms with Crippen LogP contribution in [-0.4, -0.2) is 28.4 Å². The Morgan fingerprint density at radius 3 is 2.76 bits per heavy atom. The number of para-hydroxylation sites is 1. The molecule has 0 saturated carbocycles. The van der Waals surface area contributed by atoms with Crippen LogP contribution in [0.2, 0.25) is 0 Å². The zero-order valence-electron chi connectivity index (χ0n) is 15.5. The van der Waals surface area contributed by atoms with Gasteiger partial charge in [-0.15, -0.1) is 0 Å². The highest BCUT2D eigenvalue weighted by Gasteiger charge is 2.16. The van der Waals surface area contributed by atoms with Crippen LogP contribution >= 0.6 is 0 Å². The number of carbonyl (C=O) groups is 2. The molecule has 3 aromatic rings. The SMILES string of the molecule is Cc1ccc(NC(=O)COC(=O)/C=C/c2ccc3ccccc3n2)c([N+](=O)[O-])c1. The number of anilines is 1. The second-order valence-corrected chi connectivity index (χ2v) is 6.20. The zero-order chi connectivity index (χ0) is 20.8. The smallest absolute Gasteiger partial charge is 0.331 e. The number of nitrogens with one attached hydrogen (secondary N) is 1. The van der Waals surface area contributed by atoms with E-state index in [4.69, 9.17) is 4.74 Å². The number of aromatic nitrogens is 1. The van der Waals surface area contributed by atoms with Gasteiger partial charge in [0.05, 0.1) is 16.1 Å². The molecule has 0 fully saturated rings. The number of amides is 1. The van der Waals surface area contributed by atoms with Crippen molar-refractivity contribution in [1.82, 2.24) is 4.98 Å². The van der Waals surface area contributed by atoms with Crippen LogP contribution in [0.4, 0.5) is 11.4 Å². The molecule has 29 heavy (non-hydrogen) atoms. The van der Waals surface area contributed by atoms with E-state index in [2.05, 4.69) is 10.3 Å². The van der Waals surface area contributed by atoms with E-state index >= 15 is 0 Å². The van der Waals surface area contributed by atoms with Crippen molar-refractivity contribution in [2.45, 2.75) is 6.92 Å². The fraction of sp³-hybridized carbons (Fsp3) is 0.0952. The predicted molar refractivity (Wildman–Crippen MR) is 108 cm³/mol. The Kier molecular flexibility index (Phi) is 5.94. The molecule has 0 spiro atoms. The van der Waals surface area contributed by atoms with Gasteiger partial charge in [-0.25, -0.2) is 9.78 Å². The van der Waals surface area contributed by atoms with Crippen molar-refractivity contribution in [2.75, 3.05) is 11.9 Å². The molecule has 1 aromatic heterocycles. The summed E-state index contributed by atoms with van der Waals surface area (Å²) in [5.41, 5.74) is 1.86. The van der Waals surface area contributed by atoms with E-state index in [1.807, 2.05) is 30.3 Å². The minimum Gasteiger partial charge on any atom is -0.452 e. The summed E-state index contributed by atoms with van der Waals surface area (Å²) >= 11 is 0. The molecule has 3 rings (SSSR count). The Balaban J connectivity index is 1.56. The number of esters is 1. The first-order valence-electron chi connectivity index (χ1n) is 8.68. The van der Waals surface area contributed by atoms with Gasteiger partial charge >= 0.3 is 5.97 Å². The molecule has 0 bridgehead atoms. The van der Waals surface area contributed by atoms with Gasteiger partial charge in [-0.1, -0.05) is 30.3 Å². The van der Waals surface area contributed by atoms with E-state index in [0.29, 0.717) is 11.3 Å². The molecule has 0 aliphatic rings. The Morgan fingerprint density at radius 2 is 1.97 bits per heavy atom. The molecular weight excluding hydrogens is 374 g/mol. The number of fused-ring (bicyclic) bond motifs is 1. The number of nitro benzene ring substituents is 1. The number of aryl methyl sites for hydroxylation is 1. The van der Waals surface area contributed by atoms with E-state index in [1.165, 1.54) is 24.3 Å². The molecular formula is C21H17N3O5. The van der Waals surface area contributed by atoms with Crippen LogP contribution in [0.5, 0.6) is 0 Å². The highest BCUT2D eigenvalue weighted by atomic mass is 16.6. The lowest BCUT2D eigenvalue weighted by molar-refractivity contribution is -0.384. The lowest BCUT2D eigenvalue weighted by Gasteiger charge is -2.06. The number of hydrogen-bond donors (Lipinski definition) is 1. The quantitative estimate of drug-likeness (QED) is 0.297. The summed E-state index contributed by atoms with van der Waals surface area (Å²) in [4.78, 5) is 38.7. The summed E-state index contributed by atoms with van der Waals surface area (Å²) in [6.45, 7) is 1.14. The molecule has 8 heteroatoms. The number of pyridine rings is 1. The Morgan fingerprint density at radius 1 is 1.17 bits per heavy atom. The number of ether oxygens (including phenoxy) is 1. The minimum atomic E-state index is -0.728. The first-order chi connectivity index (χ1) is 13.9. The molecule has 0 unspecified atom stereocenters. The Hall–Kier alpha value is -4.07. The Labute approximate surface area is 166 Å². The Bertz CT molecular complexity index is 1120.